The minimum Gasteiger partial charge on any atom is -0.347 e. The van der Waals surface area contributed by atoms with Gasteiger partial charge in [-0.3, -0.25) is 4.79 Å². The molecule has 2 heterocycles. The maximum absolute atomic E-state index is 12.2. The van der Waals surface area contributed by atoms with E-state index in [1.807, 2.05) is 27.7 Å². The highest BCUT2D eigenvalue weighted by Gasteiger charge is 2.48. The van der Waals surface area contributed by atoms with Gasteiger partial charge in [0, 0.05) is 10.4 Å². The van der Waals surface area contributed by atoms with Crippen molar-refractivity contribution in [1.29, 1.82) is 0 Å². The van der Waals surface area contributed by atoms with E-state index in [1.54, 1.807) is 0 Å². The van der Waals surface area contributed by atoms with Crippen LogP contribution in [0.1, 0.15) is 54.4 Å². The molecule has 1 saturated carbocycles. The number of carbonyl (C=O) groups is 1. The molecule has 1 aliphatic carbocycles. The summed E-state index contributed by atoms with van der Waals surface area (Å²) < 4.78 is 1.16. The Bertz CT molecular complexity index is 602. The van der Waals surface area contributed by atoms with E-state index in [4.69, 9.17) is 0 Å². The zero-order valence-electron chi connectivity index (χ0n) is 17.9. The van der Waals surface area contributed by atoms with Crippen LogP contribution in [0.3, 0.4) is 0 Å². The van der Waals surface area contributed by atoms with Crippen molar-refractivity contribution in [3.05, 3.63) is 46.5 Å². The molecule has 0 aromatic heterocycles. The fraction of sp³-hybridized carbons (Fsp3) is 0.609. The van der Waals surface area contributed by atoms with Gasteiger partial charge in [0.2, 0.25) is 5.91 Å². The first-order chi connectivity index (χ1) is 12.6. The lowest BCUT2D eigenvalue weighted by Crippen LogP contribution is -2.60. The van der Waals surface area contributed by atoms with Gasteiger partial charge in [0.1, 0.15) is 0 Å². The first-order valence-corrected chi connectivity index (χ1v) is 10.8. The van der Waals surface area contributed by atoms with E-state index in [0.717, 1.165) is 29.6 Å². The molecule has 3 fully saturated rings. The molecule has 0 aromatic carbocycles. The lowest BCUT2D eigenvalue weighted by atomic mass is 9.61. The van der Waals surface area contributed by atoms with E-state index in [2.05, 4.69) is 71.3 Å². The minimum atomic E-state index is -0.283. The Labute approximate surface area is 174 Å². The summed E-state index contributed by atoms with van der Waals surface area (Å²) in [5.74, 6) is 1.56. The number of piperidine rings is 2. The summed E-state index contributed by atoms with van der Waals surface area (Å²) >= 11 is 3.48. The van der Waals surface area contributed by atoms with Crippen molar-refractivity contribution in [1.82, 2.24) is 10.6 Å². The predicted molar refractivity (Wildman–Crippen MR) is 121 cm³/mol. The van der Waals surface area contributed by atoms with Gasteiger partial charge in [-0.25, -0.2) is 0 Å². The second-order valence-electron chi connectivity index (χ2n) is 8.16. The Morgan fingerprint density at radius 2 is 1.89 bits per heavy atom. The molecule has 3 aliphatic rings. The van der Waals surface area contributed by atoms with Crippen molar-refractivity contribution >= 4 is 21.8 Å². The summed E-state index contributed by atoms with van der Waals surface area (Å²) in [4.78, 5) is 12.2. The van der Waals surface area contributed by atoms with Gasteiger partial charge in [0.25, 0.3) is 0 Å². The quantitative estimate of drug-likeness (QED) is 0.425. The Morgan fingerprint density at radius 3 is 2.33 bits per heavy atom. The van der Waals surface area contributed by atoms with E-state index in [-0.39, 0.29) is 17.4 Å². The lowest BCUT2D eigenvalue weighted by Gasteiger charge is -2.49. The molecule has 1 unspecified atom stereocenters. The highest BCUT2D eigenvalue weighted by Crippen LogP contribution is 2.42. The molecule has 2 N–H and O–H groups in total. The average Bonchev–Trinajstić information content (AvgIpc) is 2.61. The summed E-state index contributed by atoms with van der Waals surface area (Å²) in [6.07, 6.45) is 10.7. The summed E-state index contributed by atoms with van der Waals surface area (Å²) in [5.41, 5.74) is 1.99. The lowest BCUT2D eigenvalue weighted by molar-refractivity contribution is -0.137. The highest BCUT2D eigenvalue weighted by atomic mass is 79.9. The molecule has 2 aliphatic heterocycles. The third-order valence-corrected chi connectivity index (χ3v) is 6.55. The number of rotatable bonds is 6. The molecule has 3 atom stereocenters. The summed E-state index contributed by atoms with van der Waals surface area (Å²) in [5, 5.41) is 6.48. The van der Waals surface area contributed by atoms with Crippen LogP contribution in [0.25, 0.3) is 0 Å². The summed E-state index contributed by atoms with van der Waals surface area (Å²) in [6, 6.07) is 0. The van der Waals surface area contributed by atoms with Gasteiger partial charge in [-0.15, -0.1) is 0 Å². The third-order valence-electron chi connectivity index (χ3n) is 5.66. The van der Waals surface area contributed by atoms with Crippen LogP contribution in [0.2, 0.25) is 0 Å². The van der Waals surface area contributed by atoms with Crippen LogP contribution in [0.5, 0.6) is 0 Å². The maximum atomic E-state index is 12.2. The topological polar surface area (TPSA) is 41.1 Å². The van der Waals surface area contributed by atoms with Gasteiger partial charge in [-0.05, 0) is 84.0 Å². The van der Waals surface area contributed by atoms with Crippen molar-refractivity contribution in [3.63, 3.8) is 0 Å². The number of nitrogens with one attached hydrogen (secondary N) is 2. The maximum Gasteiger partial charge on any atom is 0.224 e. The molecule has 4 heteroatoms. The van der Waals surface area contributed by atoms with Crippen molar-refractivity contribution in [2.24, 2.45) is 17.8 Å². The number of allylic oxidation sites excluding steroid dienone is 6. The van der Waals surface area contributed by atoms with Gasteiger partial charge in [0.15, 0.2) is 0 Å². The molecule has 3 nitrogen and oxygen atoms in total. The first kappa shape index (κ1) is 23.9. The molecule has 0 spiro atoms. The molecule has 27 heavy (non-hydrogen) atoms. The Hall–Kier alpha value is -1.13. The molecule has 1 amide bonds. The van der Waals surface area contributed by atoms with E-state index in [1.165, 1.54) is 12.0 Å². The third kappa shape index (κ3) is 7.08. The van der Waals surface area contributed by atoms with E-state index >= 15 is 0 Å². The first-order valence-electron chi connectivity index (χ1n) is 9.98. The van der Waals surface area contributed by atoms with Crippen molar-refractivity contribution in [2.75, 3.05) is 13.1 Å². The van der Waals surface area contributed by atoms with Crippen LogP contribution in [0.4, 0.5) is 0 Å². The number of carbonyl (C=O) groups excluding carboxylic acids is 1. The Kier molecular flexibility index (Phi) is 9.75. The SMILES string of the molecule is C/C=C(C)/C(Br)=C\C=C/CC.C=C(C)C(C)(C)NC(=O)C1[C@@H]2CNC[C@H]1C2. The number of amides is 1. The number of fused-ring (bicyclic) bond motifs is 2. The summed E-state index contributed by atoms with van der Waals surface area (Å²) in [7, 11) is 0. The van der Waals surface area contributed by atoms with Gasteiger partial charge >= 0.3 is 0 Å². The normalized spacial score (nSPS) is 25.4. The zero-order chi connectivity index (χ0) is 20.6. The van der Waals surface area contributed by atoms with Crippen molar-refractivity contribution in [3.8, 4) is 0 Å². The molecular weight excluding hydrogens is 400 g/mol. The fourth-order valence-electron chi connectivity index (χ4n) is 3.23. The van der Waals surface area contributed by atoms with Crippen LogP contribution in [-0.2, 0) is 4.79 Å². The second-order valence-corrected chi connectivity index (χ2v) is 9.01. The van der Waals surface area contributed by atoms with Crippen LogP contribution in [0, 0.1) is 17.8 Å². The van der Waals surface area contributed by atoms with Gasteiger partial charge in [0.05, 0.1) is 5.54 Å². The zero-order valence-corrected chi connectivity index (χ0v) is 19.4. The molecular formula is C23H37BrN2O. The van der Waals surface area contributed by atoms with Crippen LogP contribution < -0.4 is 10.6 Å². The smallest absolute Gasteiger partial charge is 0.224 e. The Balaban J connectivity index is 0.000000293. The predicted octanol–water partition coefficient (Wildman–Crippen LogP) is 5.51. The van der Waals surface area contributed by atoms with Crippen molar-refractivity contribution in [2.45, 2.75) is 59.9 Å². The molecule has 2 saturated heterocycles. The second kappa shape index (κ2) is 11.0. The summed E-state index contributed by atoms with van der Waals surface area (Å²) in [6.45, 7) is 18.2. The van der Waals surface area contributed by atoms with Gasteiger partial charge in [-0.2, -0.15) is 0 Å². The van der Waals surface area contributed by atoms with Gasteiger partial charge < -0.3 is 10.6 Å². The molecule has 0 aromatic rings. The van der Waals surface area contributed by atoms with Crippen LogP contribution in [-0.4, -0.2) is 24.5 Å². The Morgan fingerprint density at radius 1 is 1.30 bits per heavy atom. The van der Waals surface area contributed by atoms with E-state index < -0.39 is 0 Å². The molecule has 0 radical (unpaired) electrons. The van der Waals surface area contributed by atoms with Gasteiger partial charge in [-0.1, -0.05) is 53.2 Å². The molecule has 2 bridgehead atoms. The average molecular weight is 437 g/mol. The van der Waals surface area contributed by atoms with Crippen LogP contribution >= 0.6 is 15.9 Å². The number of hydrogen-bond acceptors (Lipinski definition) is 2. The largest absolute Gasteiger partial charge is 0.347 e. The van der Waals surface area contributed by atoms with E-state index in [9.17, 15) is 4.79 Å². The number of hydrogen-bond donors (Lipinski definition) is 2. The van der Waals surface area contributed by atoms with Crippen molar-refractivity contribution < 1.29 is 4.79 Å². The fourth-order valence-corrected chi connectivity index (χ4v) is 3.61. The molecule has 3 rings (SSSR count). The monoisotopic (exact) mass is 436 g/mol. The standard InChI is InChI=1S/C13H22N2O.C10H15Br/c1-8(2)13(3,4)15-12(16)11-9-5-10(11)7-14-6-9;1-4-6-7-8-10(11)9(3)5-2/h9-11,14H,1,5-7H2,2-4H3,(H,15,16);5-8H,4H2,1-3H3/b;7-6-,9-5+,10-8+/t9-,10+,11?;. The minimum absolute atomic E-state index is 0.218. The molecule has 152 valence electrons. The van der Waals surface area contributed by atoms with E-state index in [0.29, 0.717) is 11.8 Å². The highest BCUT2D eigenvalue weighted by molar-refractivity contribution is 9.12. The van der Waals surface area contributed by atoms with Crippen LogP contribution in [0.15, 0.2) is 46.5 Å². The number of halogens is 1.